The van der Waals surface area contributed by atoms with E-state index in [1.54, 1.807) is 23.9 Å². The first-order chi connectivity index (χ1) is 8.67. The van der Waals surface area contributed by atoms with Crippen molar-refractivity contribution < 1.29 is 4.92 Å². The molecule has 0 radical (unpaired) electrons. The minimum absolute atomic E-state index is 0.0990. The summed E-state index contributed by atoms with van der Waals surface area (Å²) in [4.78, 5) is 11.0. The normalized spacial score (nSPS) is 11.8. The van der Waals surface area contributed by atoms with Gasteiger partial charge in [0.1, 0.15) is 0 Å². The van der Waals surface area contributed by atoms with E-state index in [0.717, 1.165) is 23.6 Å². The topological polar surface area (TPSA) is 79.0 Å². The van der Waals surface area contributed by atoms with Gasteiger partial charge in [-0.15, -0.1) is 11.8 Å². The maximum absolute atomic E-state index is 10.5. The first kappa shape index (κ1) is 14.5. The largest absolute Gasteiger partial charge is 0.302 e. The lowest BCUT2D eigenvalue weighted by molar-refractivity contribution is -0.384. The number of rotatable bonds is 7. The van der Waals surface area contributed by atoms with E-state index in [1.165, 1.54) is 12.1 Å². The second kappa shape index (κ2) is 7.69. The van der Waals surface area contributed by atoms with Crippen LogP contribution in [0.2, 0.25) is 0 Å². The van der Waals surface area contributed by atoms with Gasteiger partial charge in [-0.3, -0.25) is 10.1 Å². The molecule has 5 nitrogen and oxygen atoms in total. The third-order valence-corrected chi connectivity index (χ3v) is 3.37. The highest BCUT2D eigenvalue weighted by atomic mass is 32.2. The van der Waals surface area contributed by atoms with Gasteiger partial charge in [-0.1, -0.05) is 6.92 Å². The first-order valence-electron chi connectivity index (χ1n) is 5.67. The Morgan fingerprint density at radius 1 is 1.50 bits per heavy atom. The molecule has 0 spiro atoms. The second-order valence-corrected chi connectivity index (χ2v) is 4.80. The van der Waals surface area contributed by atoms with Crippen molar-refractivity contribution in [3.05, 3.63) is 34.4 Å². The summed E-state index contributed by atoms with van der Waals surface area (Å²) in [6.07, 6.45) is 0.756. The van der Waals surface area contributed by atoms with Crippen molar-refractivity contribution in [2.45, 2.75) is 24.3 Å². The van der Waals surface area contributed by atoms with Crippen LogP contribution in [0, 0.1) is 21.4 Å². The van der Waals surface area contributed by atoms with Gasteiger partial charge in [-0.25, -0.2) is 0 Å². The third-order valence-electron chi connectivity index (χ3n) is 2.33. The van der Waals surface area contributed by atoms with Crippen LogP contribution in [0.1, 0.15) is 13.3 Å². The van der Waals surface area contributed by atoms with Gasteiger partial charge >= 0.3 is 0 Å². The van der Waals surface area contributed by atoms with Crippen LogP contribution < -0.4 is 5.32 Å². The summed E-state index contributed by atoms with van der Waals surface area (Å²) >= 11 is 1.60. The van der Waals surface area contributed by atoms with Crippen molar-refractivity contribution in [1.29, 1.82) is 5.26 Å². The van der Waals surface area contributed by atoms with Gasteiger partial charge in [0, 0.05) is 22.8 Å². The summed E-state index contributed by atoms with van der Waals surface area (Å²) < 4.78 is 0. The number of hydrogen-bond acceptors (Lipinski definition) is 5. The number of thioether (sulfide) groups is 1. The fraction of sp³-hybridized carbons (Fsp3) is 0.417. The molecule has 0 aliphatic rings. The Bertz CT molecular complexity index is 428. The summed E-state index contributed by atoms with van der Waals surface area (Å²) in [5.74, 6) is 0.809. The highest BCUT2D eigenvalue weighted by molar-refractivity contribution is 7.99. The monoisotopic (exact) mass is 265 g/mol. The number of hydrogen-bond donors (Lipinski definition) is 1. The van der Waals surface area contributed by atoms with Gasteiger partial charge in [-0.05, 0) is 25.1 Å². The number of non-ortho nitro benzene ring substituents is 1. The van der Waals surface area contributed by atoms with Gasteiger partial charge in [0.25, 0.3) is 5.69 Å². The lowest BCUT2D eigenvalue weighted by Gasteiger charge is -2.08. The maximum atomic E-state index is 10.5. The Morgan fingerprint density at radius 2 is 2.17 bits per heavy atom. The Morgan fingerprint density at radius 3 is 2.67 bits per heavy atom. The molecule has 1 N–H and O–H groups in total. The smallest absolute Gasteiger partial charge is 0.269 e. The number of benzene rings is 1. The molecule has 1 aromatic carbocycles. The fourth-order valence-electron chi connectivity index (χ4n) is 1.42. The third kappa shape index (κ3) is 4.73. The van der Waals surface area contributed by atoms with Crippen LogP contribution in [0.25, 0.3) is 0 Å². The molecule has 0 saturated heterocycles. The molecule has 0 heterocycles. The number of nitrogens with one attached hydrogen (secondary N) is 1. The first-order valence-corrected chi connectivity index (χ1v) is 6.66. The van der Waals surface area contributed by atoms with E-state index in [0.29, 0.717) is 0 Å². The molecule has 1 rings (SSSR count). The molecule has 1 atom stereocenters. The zero-order valence-electron chi connectivity index (χ0n) is 10.1. The quantitative estimate of drug-likeness (QED) is 0.465. The average Bonchev–Trinajstić information content (AvgIpc) is 2.38. The number of nitro groups is 1. The van der Waals surface area contributed by atoms with Crippen molar-refractivity contribution in [3.8, 4) is 6.07 Å². The van der Waals surface area contributed by atoms with Crippen LogP contribution in [0.5, 0.6) is 0 Å². The Balaban J connectivity index is 2.40. The van der Waals surface area contributed by atoms with E-state index >= 15 is 0 Å². The van der Waals surface area contributed by atoms with E-state index in [4.69, 9.17) is 5.26 Å². The molecule has 1 unspecified atom stereocenters. The van der Waals surface area contributed by atoms with Gasteiger partial charge < -0.3 is 5.32 Å². The summed E-state index contributed by atoms with van der Waals surface area (Å²) in [7, 11) is 0. The minimum atomic E-state index is -0.411. The summed E-state index contributed by atoms with van der Waals surface area (Å²) in [6, 6.07) is 8.53. The SMILES string of the molecule is CCNC(C#N)CCSc1ccc([N+](=O)[O-])cc1. The lowest BCUT2D eigenvalue weighted by atomic mass is 10.2. The van der Waals surface area contributed by atoms with Crippen LogP contribution in [0.15, 0.2) is 29.2 Å². The lowest BCUT2D eigenvalue weighted by Crippen LogP contribution is -2.27. The Hall–Kier alpha value is -1.58. The fourth-order valence-corrected chi connectivity index (χ4v) is 2.34. The number of nitrogens with zero attached hydrogens (tertiary/aromatic N) is 2. The molecule has 96 valence electrons. The summed E-state index contributed by atoms with van der Waals surface area (Å²) in [5.41, 5.74) is 0.0990. The predicted octanol–water partition coefficient (Wildman–Crippen LogP) is 2.58. The molecule has 0 bridgehead atoms. The molecule has 0 fully saturated rings. The molecule has 0 aliphatic heterocycles. The van der Waals surface area contributed by atoms with Crippen molar-refractivity contribution in [3.63, 3.8) is 0 Å². The minimum Gasteiger partial charge on any atom is -0.302 e. The van der Waals surface area contributed by atoms with E-state index in [-0.39, 0.29) is 11.7 Å². The molecule has 18 heavy (non-hydrogen) atoms. The molecule has 6 heteroatoms. The molecular formula is C12H15N3O2S. The molecule has 0 saturated carbocycles. The van der Waals surface area contributed by atoms with E-state index < -0.39 is 4.92 Å². The standard InChI is InChI=1S/C12H15N3O2S/c1-2-14-10(9-13)7-8-18-12-5-3-11(4-6-12)15(16)17/h3-6,10,14H,2,7-8H2,1H3. The Labute approximate surface area is 110 Å². The highest BCUT2D eigenvalue weighted by Gasteiger charge is 2.07. The molecule has 0 aliphatic carbocycles. The second-order valence-electron chi connectivity index (χ2n) is 3.63. The van der Waals surface area contributed by atoms with Crippen LogP contribution in [-0.2, 0) is 0 Å². The van der Waals surface area contributed by atoms with Crippen molar-refractivity contribution in [2.75, 3.05) is 12.3 Å². The van der Waals surface area contributed by atoms with Crippen molar-refractivity contribution in [1.82, 2.24) is 5.32 Å². The molecule has 0 amide bonds. The van der Waals surface area contributed by atoms with Crippen LogP contribution in [-0.4, -0.2) is 23.3 Å². The van der Waals surface area contributed by atoms with E-state index in [1.807, 2.05) is 6.92 Å². The zero-order chi connectivity index (χ0) is 13.4. The highest BCUT2D eigenvalue weighted by Crippen LogP contribution is 2.22. The molecular weight excluding hydrogens is 250 g/mol. The number of nitro benzene ring substituents is 1. The predicted molar refractivity (Wildman–Crippen MR) is 71.5 cm³/mol. The van der Waals surface area contributed by atoms with E-state index in [9.17, 15) is 10.1 Å². The maximum Gasteiger partial charge on any atom is 0.269 e. The molecule has 1 aromatic rings. The molecule has 0 aromatic heterocycles. The van der Waals surface area contributed by atoms with Crippen LogP contribution in [0.3, 0.4) is 0 Å². The van der Waals surface area contributed by atoms with Crippen molar-refractivity contribution >= 4 is 17.4 Å². The van der Waals surface area contributed by atoms with Gasteiger partial charge in [-0.2, -0.15) is 5.26 Å². The summed E-state index contributed by atoms with van der Waals surface area (Å²) in [5, 5.41) is 22.4. The van der Waals surface area contributed by atoms with Gasteiger partial charge in [0.2, 0.25) is 0 Å². The summed E-state index contributed by atoms with van der Waals surface area (Å²) in [6.45, 7) is 2.74. The van der Waals surface area contributed by atoms with Crippen LogP contribution in [0.4, 0.5) is 5.69 Å². The van der Waals surface area contributed by atoms with Crippen LogP contribution >= 0.6 is 11.8 Å². The zero-order valence-corrected chi connectivity index (χ0v) is 10.9. The van der Waals surface area contributed by atoms with Crippen molar-refractivity contribution in [2.24, 2.45) is 0 Å². The average molecular weight is 265 g/mol. The van der Waals surface area contributed by atoms with E-state index in [2.05, 4.69) is 11.4 Å². The Kier molecular flexibility index (Phi) is 6.19. The van der Waals surface area contributed by atoms with Gasteiger partial charge in [0.15, 0.2) is 0 Å². The van der Waals surface area contributed by atoms with Gasteiger partial charge in [0.05, 0.1) is 17.0 Å². The number of nitriles is 1.